The van der Waals surface area contributed by atoms with Crippen LogP contribution in [0.2, 0.25) is 5.15 Å². The third-order valence-electron chi connectivity index (χ3n) is 3.86. The molecule has 1 N–H and O–H groups in total. The van der Waals surface area contributed by atoms with Gasteiger partial charge in [0, 0.05) is 11.9 Å². The van der Waals surface area contributed by atoms with Gasteiger partial charge in [0.25, 0.3) is 5.91 Å². The van der Waals surface area contributed by atoms with Gasteiger partial charge in [-0.3, -0.25) is 4.79 Å². The number of benzene rings is 2. The Morgan fingerprint density at radius 1 is 1.21 bits per heavy atom. The van der Waals surface area contributed by atoms with Crippen LogP contribution in [0, 0.1) is 6.92 Å². The van der Waals surface area contributed by atoms with Crippen LogP contribution in [0.3, 0.4) is 0 Å². The van der Waals surface area contributed by atoms with Crippen LogP contribution < -0.4 is 10.1 Å². The van der Waals surface area contributed by atoms with Gasteiger partial charge < -0.3 is 10.1 Å². The van der Waals surface area contributed by atoms with Crippen molar-refractivity contribution in [2.45, 2.75) is 13.5 Å². The number of aromatic nitrogens is 1. The maximum atomic E-state index is 12.6. The summed E-state index contributed by atoms with van der Waals surface area (Å²) in [6.07, 6.45) is 0. The number of carbonyl (C=O) groups excluding carboxylic acids is 1. The fourth-order valence-corrected chi connectivity index (χ4v) is 2.78. The molecule has 0 aliphatic heterocycles. The molecule has 0 aliphatic carbocycles. The number of methoxy groups -OCH3 is 1. The number of carbonyl (C=O) groups is 1. The van der Waals surface area contributed by atoms with E-state index in [2.05, 4.69) is 10.3 Å². The molecule has 1 heterocycles. The van der Waals surface area contributed by atoms with Crippen molar-refractivity contribution >= 4 is 28.4 Å². The number of nitrogens with one attached hydrogen (secondary N) is 1. The Hall–Kier alpha value is -2.59. The molecule has 1 amide bonds. The van der Waals surface area contributed by atoms with Crippen molar-refractivity contribution in [1.82, 2.24) is 10.3 Å². The lowest BCUT2D eigenvalue weighted by Crippen LogP contribution is -2.23. The van der Waals surface area contributed by atoms with Crippen molar-refractivity contribution in [3.8, 4) is 5.75 Å². The maximum absolute atomic E-state index is 12.6. The molecule has 0 aliphatic rings. The van der Waals surface area contributed by atoms with E-state index in [1.165, 1.54) is 0 Å². The van der Waals surface area contributed by atoms with Gasteiger partial charge in [0.2, 0.25) is 0 Å². The molecule has 0 spiro atoms. The number of hydrogen-bond donors (Lipinski definition) is 1. The van der Waals surface area contributed by atoms with Gasteiger partial charge in [-0.15, -0.1) is 0 Å². The number of hydrogen-bond acceptors (Lipinski definition) is 3. The molecule has 5 heteroatoms. The van der Waals surface area contributed by atoms with Gasteiger partial charge in [-0.1, -0.05) is 41.9 Å². The first-order valence-electron chi connectivity index (χ1n) is 7.55. The first kappa shape index (κ1) is 16.3. The summed E-state index contributed by atoms with van der Waals surface area (Å²) >= 11 is 6.03. The van der Waals surface area contributed by atoms with Gasteiger partial charge in [-0.2, -0.15) is 0 Å². The van der Waals surface area contributed by atoms with Crippen molar-refractivity contribution in [3.05, 3.63) is 70.4 Å². The summed E-state index contributed by atoms with van der Waals surface area (Å²) in [7, 11) is 1.63. The zero-order valence-corrected chi connectivity index (χ0v) is 14.2. The molecule has 3 rings (SSSR count). The molecule has 122 valence electrons. The van der Waals surface area contributed by atoms with Crippen LogP contribution in [0.15, 0.2) is 48.5 Å². The largest absolute Gasteiger partial charge is 0.496 e. The number of fused-ring (bicyclic) bond motifs is 1. The van der Waals surface area contributed by atoms with Crippen LogP contribution in [-0.2, 0) is 6.54 Å². The molecule has 0 atom stereocenters. The Bertz CT molecular complexity index is 909. The van der Waals surface area contributed by atoms with Crippen LogP contribution in [-0.4, -0.2) is 18.0 Å². The first-order valence-corrected chi connectivity index (χ1v) is 7.93. The predicted octanol–water partition coefficient (Wildman–Crippen LogP) is 4.14. The molecule has 2 aromatic carbocycles. The van der Waals surface area contributed by atoms with Gasteiger partial charge in [-0.25, -0.2) is 4.98 Å². The predicted molar refractivity (Wildman–Crippen MR) is 95.7 cm³/mol. The van der Waals surface area contributed by atoms with Crippen LogP contribution in [0.4, 0.5) is 0 Å². The van der Waals surface area contributed by atoms with Crippen LogP contribution >= 0.6 is 11.6 Å². The van der Waals surface area contributed by atoms with Gasteiger partial charge in [-0.05, 0) is 36.2 Å². The SMILES string of the molecule is COc1cc(CNC(=O)c2cc(Cl)nc3ccccc23)ccc1C. The molecule has 1 aromatic heterocycles. The molecule has 0 radical (unpaired) electrons. The lowest BCUT2D eigenvalue weighted by Gasteiger charge is -2.10. The van der Waals surface area contributed by atoms with E-state index in [0.717, 1.165) is 22.3 Å². The van der Waals surface area contributed by atoms with E-state index >= 15 is 0 Å². The highest BCUT2D eigenvalue weighted by Crippen LogP contribution is 2.22. The number of ether oxygens (including phenoxy) is 1. The summed E-state index contributed by atoms with van der Waals surface area (Å²) in [6.45, 7) is 2.38. The maximum Gasteiger partial charge on any atom is 0.252 e. The molecule has 0 saturated heterocycles. The highest BCUT2D eigenvalue weighted by atomic mass is 35.5. The Kier molecular flexibility index (Phi) is 4.67. The van der Waals surface area contributed by atoms with E-state index in [4.69, 9.17) is 16.3 Å². The smallest absolute Gasteiger partial charge is 0.252 e. The molecule has 0 unspecified atom stereocenters. The third-order valence-corrected chi connectivity index (χ3v) is 4.05. The summed E-state index contributed by atoms with van der Waals surface area (Å²) in [4.78, 5) is 16.8. The molecule has 0 saturated carbocycles. The van der Waals surface area contributed by atoms with E-state index in [0.29, 0.717) is 22.8 Å². The van der Waals surface area contributed by atoms with Crippen LogP contribution in [0.25, 0.3) is 10.9 Å². The molecule has 0 fully saturated rings. The number of halogens is 1. The summed E-state index contributed by atoms with van der Waals surface area (Å²) in [5.74, 6) is 0.620. The van der Waals surface area contributed by atoms with Crippen molar-refractivity contribution < 1.29 is 9.53 Å². The minimum Gasteiger partial charge on any atom is -0.496 e. The first-order chi connectivity index (χ1) is 11.6. The second-order valence-electron chi connectivity index (χ2n) is 5.50. The molecule has 0 bridgehead atoms. The van der Waals surface area contributed by atoms with Crippen molar-refractivity contribution in [3.63, 3.8) is 0 Å². The minimum atomic E-state index is -0.185. The molecule has 4 nitrogen and oxygen atoms in total. The monoisotopic (exact) mass is 340 g/mol. The van der Waals surface area contributed by atoms with E-state index in [1.807, 2.05) is 49.4 Å². The van der Waals surface area contributed by atoms with Crippen molar-refractivity contribution in [2.75, 3.05) is 7.11 Å². The number of rotatable bonds is 4. The van der Waals surface area contributed by atoms with E-state index in [-0.39, 0.29) is 5.91 Å². The Balaban J connectivity index is 1.83. The fourth-order valence-electron chi connectivity index (χ4n) is 2.58. The second kappa shape index (κ2) is 6.89. The number of nitrogens with zero attached hydrogens (tertiary/aromatic N) is 1. The lowest BCUT2D eigenvalue weighted by atomic mass is 10.1. The zero-order chi connectivity index (χ0) is 17.1. The highest BCUT2D eigenvalue weighted by Gasteiger charge is 2.12. The van der Waals surface area contributed by atoms with Gasteiger partial charge in [0.15, 0.2) is 0 Å². The highest BCUT2D eigenvalue weighted by molar-refractivity contribution is 6.30. The van der Waals surface area contributed by atoms with Crippen LogP contribution in [0.5, 0.6) is 5.75 Å². The Labute approximate surface area is 145 Å². The van der Waals surface area contributed by atoms with Gasteiger partial charge in [0.1, 0.15) is 10.9 Å². The molecule has 3 aromatic rings. The normalized spacial score (nSPS) is 10.6. The van der Waals surface area contributed by atoms with Crippen molar-refractivity contribution in [1.29, 1.82) is 0 Å². The molecular weight excluding hydrogens is 324 g/mol. The standard InChI is InChI=1S/C19H17ClN2O2/c1-12-7-8-13(9-17(12)24-2)11-21-19(23)15-10-18(20)22-16-6-4-3-5-14(15)16/h3-10H,11H2,1-2H3,(H,21,23). The summed E-state index contributed by atoms with van der Waals surface area (Å²) < 4.78 is 5.31. The number of amides is 1. The zero-order valence-electron chi connectivity index (χ0n) is 13.5. The summed E-state index contributed by atoms with van der Waals surface area (Å²) in [6, 6.07) is 14.9. The number of pyridine rings is 1. The summed E-state index contributed by atoms with van der Waals surface area (Å²) in [5, 5.41) is 4.00. The quantitative estimate of drug-likeness (QED) is 0.726. The van der Waals surface area contributed by atoms with Gasteiger partial charge in [0.05, 0.1) is 18.2 Å². The van der Waals surface area contributed by atoms with E-state index in [9.17, 15) is 4.79 Å². The second-order valence-corrected chi connectivity index (χ2v) is 5.88. The summed E-state index contributed by atoms with van der Waals surface area (Å²) in [5.41, 5.74) is 3.24. The minimum absolute atomic E-state index is 0.185. The average Bonchev–Trinajstić information content (AvgIpc) is 2.60. The van der Waals surface area contributed by atoms with Gasteiger partial charge >= 0.3 is 0 Å². The fraction of sp³-hybridized carbons (Fsp3) is 0.158. The Morgan fingerprint density at radius 3 is 2.79 bits per heavy atom. The Morgan fingerprint density at radius 2 is 2.00 bits per heavy atom. The van der Waals surface area contributed by atoms with E-state index < -0.39 is 0 Å². The van der Waals surface area contributed by atoms with Crippen LogP contribution in [0.1, 0.15) is 21.5 Å². The molecular formula is C19H17ClN2O2. The number of para-hydroxylation sites is 1. The molecule has 24 heavy (non-hydrogen) atoms. The third kappa shape index (κ3) is 3.34. The average molecular weight is 341 g/mol. The van der Waals surface area contributed by atoms with Crippen molar-refractivity contribution in [2.24, 2.45) is 0 Å². The lowest BCUT2D eigenvalue weighted by molar-refractivity contribution is 0.0952. The number of aryl methyl sites for hydroxylation is 1. The topological polar surface area (TPSA) is 51.2 Å². The van der Waals surface area contributed by atoms with E-state index in [1.54, 1.807) is 13.2 Å².